The van der Waals surface area contributed by atoms with E-state index >= 15 is 0 Å². The Bertz CT molecular complexity index is 748. The maximum Gasteiger partial charge on any atom is 0.275 e. The van der Waals surface area contributed by atoms with E-state index in [1.165, 1.54) is 4.31 Å². The van der Waals surface area contributed by atoms with E-state index in [0.717, 1.165) is 17.0 Å². The number of halogens is 2. The summed E-state index contributed by atoms with van der Waals surface area (Å²) in [5.41, 5.74) is 0. The first-order valence-electron chi connectivity index (χ1n) is 8.69. The van der Waals surface area contributed by atoms with Crippen molar-refractivity contribution < 1.29 is 26.9 Å². The minimum Gasteiger partial charge on any atom is -0.348 e. The van der Waals surface area contributed by atoms with Crippen molar-refractivity contribution in [2.24, 2.45) is 5.92 Å². The van der Waals surface area contributed by atoms with Crippen LogP contribution in [0, 0.1) is 17.6 Å². The average Bonchev–Trinajstić information content (AvgIpc) is 2.54. The molecule has 0 spiro atoms. The highest BCUT2D eigenvalue weighted by atomic mass is 32.2. The van der Waals surface area contributed by atoms with Gasteiger partial charge in [-0.1, -0.05) is 13.8 Å². The van der Waals surface area contributed by atoms with E-state index in [1.54, 1.807) is 0 Å². The number of carbonyl (C=O) groups is 1. The number of rotatable bonds is 6. The molecule has 1 aliphatic heterocycles. The molecule has 1 fully saturated rings. The Kier molecular flexibility index (Phi) is 6.70. The number of benzene rings is 1. The molecular weight excluding hydrogens is 364 g/mol. The van der Waals surface area contributed by atoms with Crippen LogP contribution < -0.4 is 10.2 Å². The van der Waals surface area contributed by atoms with Crippen molar-refractivity contribution in [2.75, 3.05) is 32.7 Å². The third kappa shape index (κ3) is 4.99. The Morgan fingerprint density at radius 1 is 1.23 bits per heavy atom. The first kappa shape index (κ1) is 20.7. The molecule has 0 aliphatic carbocycles. The zero-order chi connectivity index (χ0) is 19.5. The second-order valence-electron chi connectivity index (χ2n) is 7.01. The Labute approximate surface area is 153 Å². The van der Waals surface area contributed by atoms with Gasteiger partial charge in [-0.15, -0.1) is 0 Å². The summed E-state index contributed by atoms with van der Waals surface area (Å²) in [6.07, 6.45) is 0. The normalized spacial score (nSPS) is 18.1. The summed E-state index contributed by atoms with van der Waals surface area (Å²) >= 11 is 0. The van der Waals surface area contributed by atoms with Gasteiger partial charge < -0.3 is 10.2 Å². The van der Waals surface area contributed by atoms with Crippen molar-refractivity contribution in [2.45, 2.75) is 31.7 Å². The summed E-state index contributed by atoms with van der Waals surface area (Å²) in [6.45, 7) is 7.53. The van der Waals surface area contributed by atoms with Crippen LogP contribution in [0.25, 0.3) is 0 Å². The molecule has 0 aromatic heterocycles. The zero-order valence-corrected chi connectivity index (χ0v) is 16.1. The molecule has 0 radical (unpaired) electrons. The van der Waals surface area contributed by atoms with Crippen molar-refractivity contribution in [1.82, 2.24) is 9.62 Å². The monoisotopic (exact) mass is 390 g/mol. The number of hydrogen-bond acceptors (Lipinski definition) is 3. The highest BCUT2D eigenvalue weighted by Gasteiger charge is 2.33. The van der Waals surface area contributed by atoms with Crippen LogP contribution in [0.2, 0.25) is 0 Å². The maximum absolute atomic E-state index is 13.8. The molecule has 1 aliphatic rings. The molecule has 26 heavy (non-hydrogen) atoms. The number of piperazine rings is 1. The largest absolute Gasteiger partial charge is 0.348 e. The van der Waals surface area contributed by atoms with Gasteiger partial charge in [0.15, 0.2) is 6.54 Å². The summed E-state index contributed by atoms with van der Waals surface area (Å²) in [6, 6.07) is 2.51. The van der Waals surface area contributed by atoms with E-state index < -0.39 is 26.6 Å². The van der Waals surface area contributed by atoms with Gasteiger partial charge >= 0.3 is 0 Å². The lowest BCUT2D eigenvalue weighted by atomic mass is 10.1. The predicted octanol–water partition coefficient (Wildman–Crippen LogP) is 0.0147. The molecule has 2 rings (SSSR count). The highest BCUT2D eigenvalue weighted by Crippen LogP contribution is 2.20. The summed E-state index contributed by atoms with van der Waals surface area (Å²) < 4.78 is 53.1. The molecule has 1 heterocycles. The number of nitrogens with one attached hydrogen (secondary N) is 2. The van der Waals surface area contributed by atoms with E-state index in [4.69, 9.17) is 0 Å². The standard InChI is InChI=1S/C17H25F2N3O3S/c1-12(2)13(3)20-17(23)11-21-6-8-22(9-7-21)26(24,25)16-5-4-14(18)10-15(16)19/h4-5,10,12-13H,6-9,11H2,1-3H3,(H,20,23)/p+1/t13-/m0/s1. The van der Waals surface area contributed by atoms with Crippen molar-refractivity contribution in [3.8, 4) is 0 Å². The first-order chi connectivity index (χ1) is 12.1. The van der Waals surface area contributed by atoms with Crippen LogP contribution >= 0.6 is 0 Å². The Morgan fingerprint density at radius 3 is 2.38 bits per heavy atom. The van der Waals surface area contributed by atoms with Gasteiger partial charge in [0.1, 0.15) is 16.5 Å². The van der Waals surface area contributed by atoms with Gasteiger partial charge in [-0.05, 0) is 25.0 Å². The van der Waals surface area contributed by atoms with Crippen molar-refractivity contribution in [3.05, 3.63) is 29.8 Å². The number of hydrogen-bond donors (Lipinski definition) is 2. The minimum atomic E-state index is -4.01. The summed E-state index contributed by atoms with van der Waals surface area (Å²) in [5, 5.41) is 2.93. The van der Waals surface area contributed by atoms with Crippen LogP contribution in [0.1, 0.15) is 20.8 Å². The number of nitrogens with zero attached hydrogens (tertiary/aromatic N) is 1. The van der Waals surface area contributed by atoms with E-state index in [-0.39, 0.29) is 31.6 Å². The first-order valence-corrected chi connectivity index (χ1v) is 10.1. The van der Waals surface area contributed by atoms with Crippen LogP contribution in [-0.2, 0) is 14.8 Å². The molecule has 1 amide bonds. The third-order valence-electron chi connectivity index (χ3n) is 4.74. The molecular formula is C17H26F2N3O3S+. The Hall–Kier alpha value is -1.58. The molecule has 9 heteroatoms. The minimum absolute atomic E-state index is 0.0675. The number of sulfonamides is 1. The van der Waals surface area contributed by atoms with Crippen LogP contribution in [0.4, 0.5) is 8.78 Å². The maximum atomic E-state index is 13.8. The van der Waals surface area contributed by atoms with Crippen molar-refractivity contribution in [3.63, 3.8) is 0 Å². The molecule has 1 aromatic carbocycles. The van der Waals surface area contributed by atoms with Crippen LogP contribution in [0.3, 0.4) is 0 Å². The number of carbonyl (C=O) groups excluding carboxylic acids is 1. The van der Waals surface area contributed by atoms with E-state index in [0.29, 0.717) is 25.1 Å². The highest BCUT2D eigenvalue weighted by molar-refractivity contribution is 7.89. The van der Waals surface area contributed by atoms with Gasteiger partial charge in [0.05, 0.1) is 26.2 Å². The summed E-state index contributed by atoms with van der Waals surface area (Å²) in [5.74, 6) is -1.65. The van der Waals surface area contributed by atoms with E-state index in [1.807, 2.05) is 20.8 Å². The Balaban J connectivity index is 1.94. The molecule has 6 nitrogen and oxygen atoms in total. The lowest BCUT2D eigenvalue weighted by molar-refractivity contribution is -0.895. The van der Waals surface area contributed by atoms with Crippen molar-refractivity contribution >= 4 is 15.9 Å². The molecule has 0 unspecified atom stereocenters. The second-order valence-corrected chi connectivity index (χ2v) is 8.91. The molecule has 0 saturated carbocycles. The SMILES string of the molecule is CC(C)[C@H](C)NC(=O)C[NH+]1CCN(S(=O)(=O)c2ccc(F)cc2F)CC1. The van der Waals surface area contributed by atoms with E-state index in [9.17, 15) is 22.0 Å². The second kappa shape index (κ2) is 8.41. The fraction of sp³-hybridized carbons (Fsp3) is 0.588. The number of quaternary nitrogens is 1. The average molecular weight is 390 g/mol. The third-order valence-corrected chi connectivity index (χ3v) is 6.67. The molecule has 146 valence electrons. The number of amides is 1. The van der Waals surface area contributed by atoms with Gasteiger partial charge in [-0.3, -0.25) is 4.79 Å². The Morgan fingerprint density at radius 2 is 1.85 bits per heavy atom. The smallest absolute Gasteiger partial charge is 0.275 e. The summed E-state index contributed by atoms with van der Waals surface area (Å²) in [4.78, 5) is 12.5. The van der Waals surface area contributed by atoms with Gasteiger partial charge in [-0.25, -0.2) is 17.2 Å². The molecule has 1 aromatic rings. The predicted molar refractivity (Wildman–Crippen MR) is 93.1 cm³/mol. The van der Waals surface area contributed by atoms with Gasteiger partial charge in [0, 0.05) is 12.1 Å². The topological polar surface area (TPSA) is 70.9 Å². The fourth-order valence-corrected chi connectivity index (χ4v) is 4.23. The van der Waals surface area contributed by atoms with Gasteiger partial charge in [0.2, 0.25) is 10.0 Å². The molecule has 0 bridgehead atoms. The van der Waals surface area contributed by atoms with Crippen LogP contribution in [0.5, 0.6) is 0 Å². The van der Waals surface area contributed by atoms with Crippen LogP contribution in [-0.4, -0.2) is 57.4 Å². The van der Waals surface area contributed by atoms with Gasteiger partial charge in [0.25, 0.3) is 5.91 Å². The quantitative estimate of drug-likeness (QED) is 0.719. The van der Waals surface area contributed by atoms with Crippen molar-refractivity contribution in [1.29, 1.82) is 0 Å². The molecule has 2 N–H and O–H groups in total. The lowest BCUT2D eigenvalue weighted by Gasteiger charge is -2.31. The van der Waals surface area contributed by atoms with Crippen LogP contribution in [0.15, 0.2) is 23.1 Å². The lowest BCUT2D eigenvalue weighted by Crippen LogP contribution is -3.15. The zero-order valence-electron chi connectivity index (χ0n) is 15.3. The summed E-state index contributed by atoms with van der Waals surface area (Å²) in [7, 11) is -4.01. The van der Waals surface area contributed by atoms with E-state index in [2.05, 4.69) is 5.32 Å². The fourth-order valence-electron chi connectivity index (χ4n) is 2.74. The molecule has 1 atom stereocenters. The van der Waals surface area contributed by atoms with Gasteiger partial charge in [-0.2, -0.15) is 4.31 Å². The molecule has 1 saturated heterocycles.